The van der Waals surface area contributed by atoms with E-state index in [-0.39, 0.29) is 17.1 Å². The first kappa shape index (κ1) is 15.7. The van der Waals surface area contributed by atoms with Gasteiger partial charge in [-0.2, -0.15) is 0 Å². The van der Waals surface area contributed by atoms with E-state index in [1.165, 1.54) is 13.4 Å². The third-order valence-electron chi connectivity index (χ3n) is 2.61. The molecule has 2 aromatic rings. The number of aromatic nitrogens is 3. The van der Waals surface area contributed by atoms with Gasteiger partial charge in [0, 0.05) is 5.54 Å². The van der Waals surface area contributed by atoms with Crippen LogP contribution in [0.2, 0.25) is 0 Å². The predicted molar refractivity (Wildman–Crippen MR) is 83.3 cm³/mol. The van der Waals surface area contributed by atoms with Crippen LogP contribution >= 0.6 is 0 Å². The lowest BCUT2D eigenvalue weighted by molar-refractivity contribution is 0.0911. The smallest absolute Gasteiger partial charge is 0.274 e. The van der Waals surface area contributed by atoms with Gasteiger partial charge in [-0.3, -0.25) is 4.79 Å². The molecule has 7 nitrogen and oxygen atoms in total. The highest BCUT2D eigenvalue weighted by atomic mass is 16.5. The molecule has 116 valence electrons. The molecular formula is C15H19N5O2. The highest BCUT2D eigenvalue weighted by molar-refractivity contribution is 5.95. The van der Waals surface area contributed by atoms with Crippen molar-refractivity contribution in [3.05, 3.63) is 36.5 Å². The zero-order valence-corrected chi connectivity index (χ0v) is 13.0. The summed E-state index contributed by atoms with van der Waals surface area (Å²) in [6, 6.07) is 3.41. The monoisotopic (exact) mass is 301 g/mol. The van der Waals surface area contributed by atoms with Crippen LogP contribution in [0.3, 0.4) is 0 Å². The third kappa shape index (κ3) is 4.15. The number of ether oxygens (including phenoxy) is 1. The molecule has 0 aliphatic rings. The van der Waals surface area contributed by atoms with Crippen molar-refractivity contribution < 1.29 is 9.53 Å². The molecular weight excluding hydrogens is 282 g/mol. The SMILES string of the molecule is COc1ccc(Nc2cncnc2)nc1C(=O)NC(C)(C)C. The fourth-order valence-electron chi connectivity index (χ4n) is 1.75. The quantitative estimate of drug-likeness (QED) is 0.899. The van der Waals surface area contributed by atoms with E-state index in [4.69, 9.17) is 4.74 Å². The predicted octanol–water partition coefficient (Wildman–Crippen LogP) is 2.15. The van der Waals surface area contributed by atoms with Gasteiger partial charge >= 0.3 is 0 Å². The molecule has 1 amide bonds. The molecule has 0 bridgehead atoms. The van der Waals surface area contributed by atoms with E-state index in [0.717, 1.165) is 0 Å². The van der Waals surface area contributed by atoms with Crippen molar-refractivity contribution in [2.75, 3.05) is 12.4 Å². The summed E-state index contributed by atoms with van der Waals surface area (Å²) in [6.45, 7) is 5.71. The first-order chi connectivity index (χ1) is 10.4. The van der Waals surface area contributed by atoms with Crippen LogP contribution in [-0.2, 0) is 0 Å². The maximum atomic E-state index is 12.3. The molecule has 0 fully saturated rings. The molecule has 2 aromatic heterocycles. The van der Waals surface area contributed by atoms with Gasteiger partial charge in [0.15, 0.2) is 5.69 Å². The summed E-state index contributed by atoms with van der Waals surface area (Å²) in [7, 11) is 1.50. The van der Waals surface area contributed by atoms with Crippen molar-refractivity contribution in [1.82, 2.24) is 20.3 Å². The normalized spacial score (nSPS) is 10.9. The Kier molecular flexibility index (Phi) is 4.55. The van der Waals surface area contributed by atoms with Crippen LogP contribution in [0, 0.1) is 0 Å². The Hall–Kier alpha value is -2.70. The number of pyridine rings is 1. The van der Waals surface area contributed by atoms with Gasteiger partial charge in [0.25, 0.3) is 5.91 Å². The number of nitrogens with zero attached hydrogens (tertiary/aromatic N) is 3. The van der Waals surface area contributed by atoms with Gasteiger partial charge in [0.1, 0.15) is 17.9 Å². The van der Waals surface area contributed by atoms with Gasteiger partial charge in [0.05, 0.1) is 25.2 Å². The molecule has 0 aromatic carbocycles. The van der Waals surface area contributed by atoms with Gasteiger partial charge < -0.3 is 15.4 Å². The Morgan fingerprint density at radius 2 is 1.86 bits per heavy atom. The number of amides is 1. The van der Waals surface area contributed by atoms with Crippen LogP contribution in [0.5, 0.6) is 5.75 Å². The van der Waals surface area contributed by atoms with E-state index in [1.54, 1.807) is 24.5 Å². The maximum Gasteiger partial charge on any atom is 0.274 e. The van der Waals surface area contributed by atoms with Crippen LogP contribution in [0.1, 0.15) is 31.3 Å². The molecule has 7 heteroatoms. The highest BCUT2D eigenvalue weighted by Crippen LogP contribution is 2.21. The lowest BCUT2D eigenvalue weighted by Gasteiger charge is -2.21. The summed E-state index contributed by atoms with van der Waals surface area (Å²) in [5.41, 5.74) is 0.544. The van der Waals surface area contributed by atoms with Crippen molar-refractivity contribution in [3.63, 3.8) is 0 Å². The number of hydrogen-bond donors (Lipinski definition) is 2. The van der Waals surface area contributed by atoms with Crippen molar-refractivity contribution in [2.24, 2.45) is 0 Å². The molecule has 0 aliphatic heterocycles. The molecule has 0 atom stereocenters. The maximum absolute atomic E-state index is 12.3. The minimum atomic E-state index is -0.361. The van der Waals surface area contributed by atoms with E-state index in [9.17, 15) is 4.79 Å². The first-order valence-electron chi connectivity index (χ1n) is 6.78. The summed E-state index contributed by atoms with van der Waals surface area (Å²) in [5, 5.41) is 5.91. The zero-order chi connectivity index (χ0) is 16.2. The minimum Gasteiger partial charge on any atom is -0.494 e. The molecule has 0 spiro atoms. The van der Waals surface area contributed by atoms with E-state index >= 15 is 0 Å². The van der Waals surface area contributed by atoms with Crippen molar-refractivity contribution in [3.8, 4) is 5.75 Å². The molecule has 22 heavy (non-hydrogen) atoms. The molecule has 2 heterocycles. The number of carbonyl (C=O) groups is 1. The van der Waals surface area contributed by atoms with Gasteiger partial charge in [-0.25, -0.2) is 15.0 Å². The summed E-state index contributed by atoms with van der Waals surface area (Å²) in [6.07, 6.45) is 4.68. The topological polar surface area (TPSA) is 89.0 Å². The van der Waals surface area contributed by atoms with Crippen LogP contribution in [-0.4, -0.2) is 33.5 Å². The number of carbonyl (C=O) groups excluding carboxylic acids is 1. The zero-order valence-electron chi connectivity index (χ0n) is 13.0. The molecule has 0 saturated heterocycles. The summed E-state index contributed by atoms with van der Waals surface area (Å²) < 4.78 is 5.21. The molecule has 0 unspecified atom stereocenters. The van der Waals surface area contributed by atoms with Crippen LogP contribution in [0.15, 0.2) is 30.9 Å². The fraction of sp³-hybridized carbons (Fsp3) is 0.333. The third-order valence-corrected chi connectivity index (χ3v) is 2.61. The second kappa shape index (κ2) is 6.38. The Morgan fingerprint density at radius 3 is 2.45 bits per heavy atom. The second-order valence-electron chi connectivity index (χ2n) is 5.70. The minimum absolute atomic E-state index is 0.222. The summed E-state index contributed by atoms with van der Waals surface area (Å²) in [5.74, 6) is 0.628. The van der Waals surface area contributed by atoms with E-state index in [0.29, 0.717) is 17.3 Å². The Labute approximate surface area is 129 Å². The Bertz CT molecular complexity index is 653. The fourth-order valence-corrected chi connectivity index (χ4v) is 1.75. The van der Waals surface area contributed by atoms with Crippen molar-refractivity contribution in [2.45, 2.75) is 26.3 Å². The molecule has 2 N–H and O–H groups in total. The van der Waals surface area contributed by atoms with E-state index in [1.807, 2.05) is 20.8 Å². The largest absolute Gasteiger partial charge is 0.494 e. The lowest BCUT2D eigenvalue weighted by atomic mass is 10.1. The Morgan fingerprint density at radius 1 is 1.18 bits per heavy atom. The van der Waals surface area contributed by atoms with Crippen LogP contribution in [0.4, 0.5) is 11.5 Å². The lowest BCUT2D eigenvalue weighted by Crippen LogP contribution is -2.41. The number of rotatable bonds is 4. The number of methoxy groups -OCH3 is 1. The van der Waals surface area contributed by atoms with Gasteiger partial charge in [-0.1, -0.05) is 0 Å². The van der Waals surface area contributed by atoms with Gasteiger partial charge in [0.2, 0.25) is 0 Å². The Balaban J connectivity index is 2.28. The average molecular weight is 301 g/mol. The van der Waals surface area contributed by atoms with E-state index in [2.05, 4.69) is 25.6 Å². The summed E-state index contributed by atoms with van der Waals surface area (Å²) >= 11 is 0. The molecule has 2 rings (SSSR count). The average Bonchev–Trinajstić information content (AvgIpc) is 2.46. The van der Waals surface area contributed by atoms with Crippen LogP contribution < -0.4 is 15.4 Å². The summed E-state index contributed by atoms with van der Waals surface area (Å²) in [4.78, 5) is 24.5. The number of hydrogen-bond acceptors (Lipinski definition) is 6. The standard InChI is InChI=1S/C15H19N5O2/c1-15(2,3)20-14(21)13-11(22-4)5-6-12(19-13)18-10-7-16-9-17-8-10/h5-9H,1-4H3,(H,18,19)(H,20,21). The van der Waals surface area contributed by atoms with Gasteiger partial charge in [-0.05, 0) is 32.9 Å². The highest BCUT2D eigenvalue weighted by Gasteiger charge is 2.20. The van der Waals surface area contributed by atoms with Crippen LogP contribution in [0.25, 0.3) is 0 Å². The first-order valence-corrected chi connectivity index (χ1v) is 6.78. The number of nitrogens with one attached hydrogen (secondary N) is 2. The van der Waals surface area contributed by atoms with E-state index < -0.39 is 0 Å². The number of anilines is 2. The second-order valence-corrected chi connectivity index (χ2v) is 5.70. The molecule has 0 saturated carbocycles. The molecule has 0 aliphatic carbocycles. The molecule has 0 radical (unpaired) electrons. The van der Waals surface area contributed by atoms with Gasteiger partial charge in [-0.15, -0.1) is 0 Å². The van der Waals surface area contributed by atoms with Crippen molar-refractivity contribution >= 4 is 17.4 Å². The van der Waals surface area contributed by atoms with Crippen molar-refractivity contribution in [1.29, 1.82) is 0 Å².